The van der Waals surface area contributed by atoms with Gasteiger partial charge in [-0.25, -0.2) is 8.42 Å². The van der Waals surface area contributed by atoms with E-state index < -0.39 is 15.9 Å². The number of aromatic nitrogens is 2. The third kappa shape index (κ3) is 4.37. The fourth-order valence-electron chi connectivity index (χ4n) is 2.79. The number of thiophene rings is 1. The monoisotopic (exact) mass is 434 g/mol. The zero-order valence-corrected chi connectivity index (χ0v) is 16.9. The van der Waals surface area contributed by atoms with Crippen LogP contribution in [0.25, 0.3) is 11.5 Å². The van der Waals surface area contributed by atoms with Gasteiger partial charge < -0.3 is 14.5 Å². The van der Waals surface area contributed by atoms with Gasteiger partial charge in [-0.05, 0) is 35.7 Å². The second kappa shape index (κ2) is 8.41. The van der Waals surface area contributed by atoms with Gasteiger partial charge in [-0.15, -0.1) is 21.5 Å². The number of nitrogens with zero attached hydrogens (tertiary/aromatic N) is 3. The summed E-state index contributed by atoms with van der Waals surface area (Å²) < 4.78 is 37.4. The van der Waals surface area contributed by atoms with Crippen LogP contribution in [0.15, 0.2) is 51.1 Å². The van der Waals surface area contributed by atoms with Crippen LogP contribution in [0.3, 0.4) is 0 Å². The van der Waals surface area contributed by atoms with Gasteiger partial charge in [0.15, 0.2) is 0 Å². The zero-order chi connectivity index (χ0) is 20.3. The first kappa shape index (κ1) is 19.7. The minimum atomic E-state index is -3.57. The Morgan fingerprint density at radius 2 is 1.90 bits per heavy atom. The summed E-state index contributed by atoms with van der Waals surface area (Å²) in [6, 6.07) is 9.95. The maximum absolute atomic E-state index is 12.7. The van der Waals surface area contributed by atoms with Crippen molar-refractivity contribution in [2.45, 2.75) is 11.4 Å². The average molecular weight is 434 g/mol. The van der Waals surface area contributed by atoms with Crippen molar-refractivity contribution in [1.82, 2.24) is 19.8 Å². The Hall–Kier alpha value is -2.60. The second-order valence-corrected chi connectivity index (χ2v) is 9.19. The highest BCUT2D eigenvalue weighted by Crippen LogP contribution is 2.23. The van der Waals surface area contributed by atoms with Crippen molar-refractivity contribution in [2.75, 3.05) is 26.3 Å². The second-order valence-electron chi connectivity index (χ2n) is 6.22. The molecule has 1 aromatic carbocycles. The van der Waals surface area contributed by atoms with Crippen molar-refractivity contribution >= 4 is 27.3 Å². The molecule has 3 heterocycles. The molecule has 4 rings (SSSR count). The molecule has 0 unspecified atom stereocenters. The molecule has 29 heavy (non-hydrogen) atoms. The summed E-state index contributed by atoms with van der Waals surface area (Å²) >= 11 is 1.53. The molecule has 9 nitrogen and oxygen atoms in total. The Balaban J connectivity index is 1.45. The number of carbonyl (C=O) groups is 1. The van der Waals surface area contributed by atoms with Gasteiger partial charge in [0, 0.05) is 23.5 Å². The predicted molar refractivity (Wildman–Crippen MR) is 105 cm³/mol. The molecule has 0 saturated carbocycles. The number of carbonyl (C=O) groups excluding carboxylic acids is 1. The molecule has 1 amide bonds. The van der Waals surface area contributed by atoms with Crippen LogP contribution in [0.4, 0.5) is 0 Å². The van der Waals surface area contributed by atoms with Gasteiger partial charge in [-0.2, -0.15) is 4.31 Å². The molecule has 0 atom stereocenters. The van der Waals surface area contributed by atoms with Crippen LogP contribution in [0.5, 0.6) is 0 Å². The molecular formula is C18H18N4O5S2. The summed E-state index contributed by atoms with van der Waals surface area (Å²) in [5.74, 6) is -0.480. The van der Waals surface area contributed by atoms with Crippen LogP contribution >= 0.6 is 11.3 Å². The number of amides is 1. The minimum Gasteiger partial charge on any atom is -0.412 e. The molecule has 0 spiro atoms. The zero-order valence-electron chi connectivity index (χ0n) is 15.3. The Morgan fingerprint density at radius 1 is 1.14 bits per heavy atom. The van der Waals surface area contributed by atoms with E-state index in [1.807, 2.05) is 17.5 Å². The van der Waals surface area contributed by atoms with Gasteiger partial charge in [-0.3, -0.25) is 4.79 Å². The molecule has 1 saturated heterocycles. The largest absolute Gasteiger partial charge is 0.412 e. The van der Waals surface area contributed by atoms with Gasteiger partial charge in [0.05, 0.1) is 24.7 Å². The number of rotatable bonds is 6. The molecule has 0 radical (unpaired) electrons. The molecule has 2 aromatic heterocycles. The molecule has 0 aliphatic carbocycles. The molecule has 1 N–H and O–H groups in total. The first-order valence-electron chi connectivity index (χ1n) is 8.86. The van der Waals surface area contributed by atoms with E-state index in [9.17, 15) is 13.2 Å². The van der Waals surface area contributed by atoms with Crippen LogP contribution < -0.4 is 5.32 Å². The summed E-state index contributed by atoms with van der Waals surface area (Å²) in [6.07, 6.45) is 0. The summed E-state index contributed by atoms with van der Waals surface area (Å²) in [5, 5.41) is 12.3. The first-order chi connectivity index (χ1) is 14.0. The van der Waals surface area contributed by atoms with Crippen molar-refractivity contribution in [2.24, 2.45) is 0 Å². The van der Waals surface area contributed by atoms with E-state index in [1.165, 1.54) is 27.8 Å². The van der Waals surface area contributed by atoms with Crippen molar-refractivity contribution in [3.05, 3.63) is 52.5 Å². The van der Waals surface area contributed by atoms with E-state index in [-0.39, 0.29) is 16.7 Å². The third-order valence-corrected chi connectivity index (χ3v) is 7.12. The predicted octanol–water partition coefficient (Wildman–Crippen LogP) is 1.75. The lowest BCUT2D eigenvalue weighted by molar-refractivity contribution is 0.0730. The number of sulfonamides is 1. The molecule has 152 valence electrons. The van der Waals surface area contributed by atoms with Crippen molar-refractivity contribution < 1.29 is 22.4 Å². The number of morpholine rings is 1. The lowest BCUT2D eigenvalue weighted by atomic mass is 10.2. The highest BCUT2D eigenvalue weighted by Gasteiger charge is 2.26. The van der Waals surface area contributed by atoms with Crippen LogP contribution in [0.2, 0.25) is 0 Å². The number of benzene rings is 1. The smallest absolute Gasteiger partial charge is 0.309 e. The fourth-order valence-corrected chi connectivity index (χ4v) is 4.85. The van der Waals surface area contributed by atoms with E-state index in [2.05, 4.69) is 15.5 Å². The number of ether oxygens (including phenoxy) is 1. The van der Waals surface area contributed by atoms with E-state index >= 15 is 0 Å². The third-order valence-electron chi connectivity index (χ3n) is 4.33. The summed E-state index contributed by atoms with van der Waals surface area (Å²) in [7, 11) is -3.57. The van der Waals surface area contributed by atoms with Crippen LogP contribution in [0.1, 0.15) is 15.6 Å². The van der Waals surface area contributed by atoms with E-state index in [0.29, 0.717) is 38.4 Å². The van der Waals surface area contributed by atoms with E-state index in [4.69, 9.17) is 9.15 Å². The summed E-state index contributed by atoms with van der Waals surface area (Å²) in [6.45, 7) is 1.81. The van der Waals surface area contributed by atoms with Gasteiger partial charge >= 0.3 is 11.8 Å². The maximum Gasteiger partial charge on any atom is 0.309 e. The first-order valence-corrected chi connectivity index (χ1v) is 11.2. The molecule has 1 aliphatic rings. The average Bonchev–Trinajstić information content (AvgIpc) is 3.45. The Morgan fingerprint density at radius 3 is 2.59 bits per heavy atom. The Labute approximate surface area is 171 Å². The standard InChI is InChI=1S/C18H18N4O5S2/c23-16(19-12-14-2-1-11-28-14)18-21-20-17(27-18)13-3-5-15(6-4-13)29(24,25)22-7-9-26-10-8-22/h1-6,11H,7-10,12H2,(H,19,23). The Kier molecular flexibility index (Phi) is 5.72. The Bertz CT molecular complexity index is 1070. The number of hydrogen-bond donors (Lipinski definition) is 1. The molecule has 1 aliphatic heterocycles. The van der Waals surface area contributed by atoms with Gasteiger partial charge in [-0.1, -0.05) is 6.07 Å². The van der Waals surface area contributed by atoms with Crippen LogP contribution in [-0.2, 0) is 21.3 Å². The van der Waals surface area contributed by atoms with Gasteiger partial charge in [0.1, 0.15) is 0 Å². The molecule has 1 fully saturated rings. The van der Waals surface area contributed by atoms with Gasteiger partial charge in [0.2, 0.25) is 15.9 Å². The summed E-state index contributed by atoms with van der Waals surface area (Å²) in [4.78, 5) is 13.3. The highest BCUT2D eigenvalue weighted by molar-refractivity contribution is 7.89. The molecule has 11 heteroatoms. The van der Waals surface area contributed by atoms with Crippen LogP contribution in [0, 0.1) is 0 Å². The molecule has 0 bridgehead atoms. The van der Waals surface area contributed by atoms with Crippen molar-refractivity contribution in [3.8, 4) is 11.5 Å². The maximum atomic E-state index is 12.7. The lowest BCUT2D eigenvalue weighted by Gasteiger charge is -2.26. The SMILES string of the molecule is O=C(NCc1cccs1)c1nnc(-c2ccc(S(=O)(=O)N3CCOCC3)cc2)o1. The van der Waals surface area contributed by atoms with Crippen LogP contribution in [-0.4, -0.2) is 55.1 Å². The minimum absolute atomic E-state index is 0.140. The molecule has 3 aromatic rings. The lowest BCUT2D eigenvalue weighted by Crippen LogP contribution is -2.40. The normalized spacial score (nSPS) is 15.3. The number of nitrogens with one attached hydrogen (secondary N) is 1. The fraction of sp³-hybridized carbons (Fsp3) is 0.278. The molecular weight excluding hydrogens is 416 g/mol. The van der Waals surface area contributed by atoms with Crippen molar-refractivity contribution in [3.63, 3.8) is 0 Å². The van der Waals surface area contributed by atoms with Crippen molar-refractivity contribution in [1.29, 1.82) is 0 Å². The highest BCUT2D eigenvalue weighted by atomic mass is 32.2. The van der Waals surface area contributed by atoms with E-state index in [1.54, 1.807) is 12.1 Å². The van der Waals surface area contributed by atoms with E-state index in [0.717, 1.165) is 4.88 Å². The topological polar surface area (TPSA) is 115 Å². The van der Waals surface area contributed by atoms with Gasteiger partial charge in [0.25, 0.3) is 0 Å². The number of hydrogen-bond acceptors (Lipinski definition) is 8. The summed E-state index contributed by atoms with van der Waals surface area (Å²) in [5.41, 5.74) is 0.524. The quantitative estimate of drug-likeness (QED) is 0.628.